The van der Waals surface area contributed by atoms with Crippen LogP contribution in [0.1, 0.15) is 29.8 Å². The molecule has 0 radical (unpaired) electrons. The Kier molecular flexibility index (Phi) is 3.76. The van der Waals surface area contributed by atoms with E-state index in [0.717, 1.165) is 12.8 Å². The van der Waals surface area contributed by atoms with Crippen molar-refractivity contribution >= 4 is 5.91 Å². The number of fused-ring (bicyclic) bond motifs is 2. The van der Waals surface area contributed by atoms with Crippen LogP contribution in [-0.4, -0.2) is 31.1 Å². The fourth-order valence-corrected chi connectivity index (χ4v) is 3.69. The molecule has 0 unspecified atom stereocenters. The highest BCUT2D eigenvalue weighted by atomic mass is 19.1. The molecule has 1 amide bonds. The van der Waals surface area contributed by atoms with Crippen LogP contribution in [0.25, 0.3) is 11.3 Å². The van der Waals surface area contributed by atoms with E-state index in [0.29, 0.717) is 17.8 Å². The first kappa shape index (κ1) is 15.2. The van der Waals surface area contributed by atoms with Gasteiger partial charge in [-0.3, -0.25) is 4.79 Å². The van der Waals surface area contributed by atoms with E-state index in [4.69, 9.17) is 9.15 Å². The summed E-state index contributed by atoms with van der Waals surface area (Å²) in [6.45, 7) is 0. The summed E-state index contributed by atoms with van der Waals surface area (Å²) in [5, 5.41) is 6.49. The third-order valence-electron chi connectivity index (χ3n) is 4.90. The van der Waals surface area contributed by atoms with E-state index in [9.17, 15) is 9.18 Å². The van der Waals surface area contributed by atoms with Gasteiger partial charge >= 0.3 is 0 Å². The molecule has 1 aromatic heterocycles. The molecule has 1 aromatic carbocycles. The molecule has 24 heavy (non-hydrogen) atoms. The van der Waals surface area contributed by atoms with Gasteiger partial charge in [0.05, 0.1) is 12.7 Å². The lowest BCUT2D eigenvalue weighted by molar-refractivity contribution is 0.0903. The number of furan rings is 1. The normalized spacial score (nSPS) is 25.0. The number of ether oxygens (including phenoxy) is 1. The minimum Gasteiger partial charge on any atom is -0.494 e. The third kappa shape index (κ3) is 2.57. The summed E-state index contributed by atoms with van der Waals surface area (Å²) in [7, 11) is 1.41. The van der Waals surface area contributed by atoms with Crippen LogP contribution in [0, 0.1) is 5.82 Å². The Morgan fingerprint density at radius 3 is 2.92 bits per heavy atom. The standard InChI is InChI=1S/C18H19FN2O3/c1-23-15-4-2-3-11(17(15)19)14-7-8-16(24-14)18(22)21-13-9-10-5-6-12(13)20-10/h2-4,7-8,10,12-13,20H,5-6,9H2,1H3,(H,21,22)/t10-,12+,13-/m1/s1. The molecule has 126 valence electrons. The lowest BCUT2D eigenvalue weighted by Crippen LogP contribution is -2.42. The first-order valence-corrected chi connectivity index (χ1v) is 8.15. The fourth-order valence-electron chi connectivity index (χ4n) is 3.69. The molecular weight excluding hydrogens is 311 g/mol. The molecule has 6 heteroatoms. The van der Waals surface area contributed by atoms with E-state index in [1.807, 2.05) is 0 Å². The van der Waals surface area contributed by atoms with Gasteiger partial charge in [0.1, 0.15) is 5.76 Å². The molecule has 2 bridgehead atoms. The van der Waals surface area contributed by atoms with E-state index in [1.165, 1.54) is 19.6 Å². The number of carbonyl (C=O) groups is 1. The van der Waals surface area contributed by atoms with Crippen molar-refractivity contribution in [3.05, 3.63) is 41.9 Å². The lowest BCUT2D eigenvalue weighted by atomic mass is 9.95. The smallest absolute Gasteiger partial charge is 0.287 e. The second-order valence-electron chi connectivity index (χ2n) is 6.35. The number of methoxy groups -OCH3 is 1. The Labute approximate surface area is 139 Å². The zero-order valence-electron chi connectivity index (χ0n) is 13.3. The molecule has 3 atom stereocenters. The van der Waals surface area contributed by atoms with Gasteiger partial charge in [0.15, 0.2) is 17.3 Å². The number of halogens is 1. The van der Waals surface area contributed by atoms with Crippen LogP contribution >= 0.6 is 0 Å². The molecule has 4 rings (SSSR count). The van der Waals surface area contributed by atoms with Crippen molar-refractivity contribution in [2.45, 2.75) is 37.4 Å². The highest BCUT2D eigenvalue weighted by Gasteiger charge is 2.40. The largest absolute Gasteiger partial charge is 0.494 e. The topological polar surface area (TPSA) is 63.5 Å². The zero-order chi connectivity index (χ0) is 16.7. The first-order chi connectivity index (χ1) is 11.7. The maximum absolute atomic E-state index is 14.3. The van der Waals surface area contributed by atoms with Gasteiger partial charge < -0.3 is 19.8 Å². The molecular formula is C18H19FN2O3. The highest BCUT2D eigenvalue weighted by Crippen LogP contribution is 2.31. The number of rotatable bonds is 4. The van der Waals surface area contributed by atoms with E-state index in [1.54, 1.807) is 24.3 Å². The molecule has 2 fully saturated rings. The van der Waals surface area contributed by atoms with Gasteiger partial charge in [-0.25, -0.2) is 4.39 Å². The second kappa shape index (κ2) is 5.94. The Morgan fingerprint density at radius 2 is 2.21 bits per heavy atom. The monoisotopic (exact) mass is 330 g/mol. The maximum atomic E-state index is 14.3. The van der Waals surface area contributed by atoms with Gasteiger partial charge in [-0.05, 0) is 43.5 Å². The maximum Gasteiger partial charge on any atom is 0.287 e. The van der Waals surface area contributed by atoms with Gasteiger partial charge in [-0.15, -0.1) is 0 Å². The lowest BCUT2D eigenvalue weighted by Gasteiger charge is -2.20. The quantitative estimate of drug-likeness (QED) is 0.905. The number of benzene rings is 1. The zero-order valence-corrected chi connectivity index (χ0v) is 13.3. The van der Waals surface area contributed by atoms with Crippen LogP contribution in [0.3, 0.4) is 0 Å². The summed E-state index contributed by atoms with van der Waals surface area (Å²) in [6.07, 6.45) is 3.22. The van der Waals surface area contributed by atoms with Gasteiger partial charge in [0, 0.05) is 18.1 Å². The first-order valence-electron chi connectivity index (χ1n) is 8.15. The van der Waals surface area contributed by atoms with Gasteiger partial charge in [-0.1, -0.05) is 6.07 Å². The molecule has 3 heterocycles. The summed E-state index contributed by atoms with van der Waals surface area (Å²) in [6, 6.07) is 8.99. The minimum absolute atomic E-state index is 0.137. The molecule has 0 aliphatic carbocycles. The van der Waals surface area contributed by atoms with E-state index in [-0.39, 0.29) is 29.0 Å². The molecule has 2 aliphatic rings. The van der Waals surface area contributed by atoms with Crippen LogP contribution in [-0.2, 0) is 0 Å². The molecule has 2 aliphatic heterocycles. The van der Waals surface area contributed by atoms with Crippen LogP contribution in [0.2, 0.25) is 0 Å². The predicted molar refractivity (Wildman–Crippen MR) is 86.5 cm³/mol. The average molecular weight is 330 g/mol. The molecule has 0 spiro atoms. The number of nitrogens with one attached hydrogen (secondary N) is 2. The molecule has 2 N–H and O–H groups in total. The number of hydrogen-bond donors (Lipinski definition) is 2. The van der Waals surface area contributed by atoms with E-state index < -0.39 is 5.82 Å². The van der Waals surface area contributed by atoms with Crippen molar-refractivity contribution in [3.63, 3.8) is 0 Å². The third-order valence-corrected chi connectivity index (χ3v) is 4.90. The second-order valence-corrected chi connectivity index (χ2v) is 6.35. The van der Waals surface area contributed by atoms with Crippen molar-refractivity contribution in [1.29, 1.82) is 0 Å². The SMILES string of the molecule is COc1cccc(-c2ccc(C(=O)N[C@@H]3C[C@H]4CC[C@@H]3N4)o2)c1F. The summed E-state index contributed by atoms with van der Waals surface area (Å²) in [4.78, 5) is 12.4. The summed E-state index contributed by atoms with van der Waals surface area (Å²) < 4.78 is 24.9. The summed E-state index contributed by atoms with van der Waals surface area (Å²) in [5.41, 5.74) is 0.273. The van der Waals surface area contributed by atoms with Crippen molar-refractivity contribution in [2.75, 3.05) is 7.11 Å². The van der Waals surface area contributed by atoms with Crippen molar-refractivity contribution in [1.82, 2.24) is 10.6 Å². The Morgan fingerprint density at radius 1 is 1.33 bits per heavy atom. The number of hydrogen-bond acceptors (Lipinski definition) is 4. The van der Waals surface area contributed by atoms with E-state index >= 15 is 0 Å². The number of amides is 1. The minimum atomic E-state index is -0.501. The summed E-state index contributed by atoms with van der Waals surface area (Å²) in [5.74, 6) is -0.122. The van der Waals surface area contributed by atoms with Crippen LogP contribution in [0.5, 0.6) is 5.75 Å². The van der Waals surface area contributed by atoms with Gasteiger partial charge in [0.2, 0.25) is 0 Å². The number of carbonyl (C=O) groups excluding carboxylic acids is 1. The highest BCUT2D eigenvalue weighted by molar-refractivity contribution is 5.92. The Bertz CT molecular complexity index is 773. The summed E-state index contributed by atoms with van der Waals surface area (Å²) >= 11 is 0. The van der Waals surface area contributed by atoms with E-state index in [2.05, 4.69) is 10.6 Å². The molecule has 2 aromatic rings. The Hall–Kier alpha value is -2.34. The van der Waals surface area contributed by atoms with Gasteiger partial charge in [0.25, 0.3) is 5.91 Å². The van der Waals surface area contributed by atoms with Crippen molar-refractivity contribution in [2.24, 2.45) is 0 Å². The molecule has 2 saturated heterocycles. The predicted octanol–water partition coefficient (Wildman–Crippen LogP) is 2.72. The van der Waals surface area contributed by atoms with Crippen molar-refractivity contribution in [3.8, 4) is 17.1 Å². The molecule has 0 saturated carbocycles. The van der Waals surface area contributed by atoms with Crippen LogP contribution in [0.15, 0.2) is 34.7 Å². The fraction of sp³-hybridized carbons (Fsp3) is 0.389. The van der Waals surface area contributed by atoms with Crippen LogP contribution < -0.4 is 15.4 Å². The average Bonchev–Trinajstić information content (AvgIpc) is 3.31. The van der Waals surface area contributed by atoms with Crippen LogP contribution in [0.4, 0.5) is 4.39 Å². The van der Waals surface area contributed by atoms with Crippen molar-refractivity contribution < 1.29 is 18.3 Å². The molecule has 5 nitrogen and oxygen atoms in total. The van der Waals surface area contributed by atoms with Gasteiger partial charge in [-0.2, -0.15) is 0 Å². The Balaban J connectivity index is 1.51.